The number of amides is 2. The molecule has 0 bridgehead atoms. The van der Waals surface area contributed by atoms with E-state index in [9.17, 15) is 14.0 Å². The quantitative estimate of drug-likeness (QED) is 0.792. The third-order valence-electron chi connectivity index (χ3n) is 4.91. The van der Waals surface area contributed by atoms with Crippen molar-refractivity contribution >= 4 is 11.8 Å². The minimum Gasteiger partial charge on any atom is -0.271 e. The molecule has 0 unspecified atom stereocenters. The molecule has 2 amide bonds. The van der Waals surface area contributed by atoms with E-state index in [1.54, 1.807) is 30.3 Å². The van der Waals surface area contributed by atoms with E-state index in [-0.39, 0.29) is 29.6 Å². The van der Waals surface area contributed by atoms with Crippen LogP contribution in [0.1, 0.15) is 51.5 Å². The fourth-order valence-corrected chi connectivity index (χ4v) is 3.88. The first-order valence-electron chi connectivity index (χ1n) is 7.89. The first-order chi connectivity index (χ1) is 11.2. The van der Waals surface area contributed by atoms with Gasteiger partial charge in [-0.1, -0.05) is 30.7 Å². The molecule has 1 saturated carbocycles. The van der Waals surface area contributed by atoms with E-state index in [0.717, 1.165) is 24.8 Å². The van der Waals surface area contributed by atoms with Crippen molar-refractivity contribution in [1.82, 2.24) is 4.90 Å². The molecule has 0 saturated heterocycles. The van der Waals surface area contributed by atoms with E-state index in [0.29, 0.717) is 11.1 Å². The molecule has 4 rings (SSSR count). The lowest BCUT2D eigenvalue weighted by atomic mass is 9.93. The molecule has 1 aliphatic carbocycles. The van der Waals surface area contributed by atoms with Crippen LogP contribution < -0.4 is 0 Å². The normalized spacial score (nSPS) is 23.4. The zero-order chi connectivity index (χ0) is 16.0. The summed E-state index contributed by atoms with van der Waals surface area (Å²) in [6.45, 7) is 0. The van der Waals surface area contributed by atoms with E-state index < -0.39 is 0 Å². The minimum atomic E-state index is -0.282. The molecule has 2 aliphatic rings. The van der Waals surface area contributed by atoms with Gasteiger partial charge in [0.15, 0.2) is 0 Å². The van der Waals surface area contributed by atoms with Gasteiger partial charge in [-0.3, -0.25) is 14.5 Å². The highest BCUT2D eigenvalue weighted by Gasteiger charge is 2.44. The minimum absolute atomic E-state index is 0.00733. The lowest BCUT2D eigenvalue weighted by Crippen LogP contribution is -2.41. The van der Waals surface area contributed by atoms with Crippen LogP contribution in [-0.4, -0.2) is 22.8 Å². The summed E-state index contributed by atoms with van der Waals surface area (Å²) >= 11 is 0. The van der Waals surface area contributed by atoms with E-state index in [1.165, 1.54) is 17.0 Å². The smallest absolute Gasteiger partial charge is 0.261 e. The molecule has 23 heavy (non-hydrogen) atoms. The monoisotopic (exact) mass is 309 g/mol. The first-order valence-corrected chi connectivity index (χ1v) is 7.89. The number of nitrogens with zero attached hydrogens (tertiary/aromatic N) is 1. The zero-order valence-electron chi connectivity index (χ0n) is 12.5. The molecule has 4 heteroatoms. The predicted molar refractivity (Wildman–Crippen MR) is 83.7 cm³/mol. The van der Waals surface area contributed by atoms with Crippen molar-refractivity contribution in [2.45, 2.75) is 31.2 Å². The Balaban J connectivity index is 1.71. The summed E-state index contributed by atoms with van der Waals surface area (Å²) in [5.41, 5.74) is 1.81. The summed E-state index contributed by atoms with van der Waals surface area (Å²) in [7, 11) is 0. The number of hydrogen-bond acceptors (Lipinski definition) is 2. The molecule has 2 aromatic carbocycles. The van der Waals surface area contributed by atoms with Crippen LogP contribution in [0.4, 0.5) is 4.39 Å². The van der Waals surface area contributed by atoms with Crippen molar-refractivity contribution in [3.8, 4) is 0 Å². The van der Waals surface area contributed by atoms with Crippen molar-refractivity contribution < 1.29 is 14.0 Å². The van der Waals surface area contributed by atoms with Gasteiger partial charge in [-0.2, -0.15) is 0 Å². The molecule has 3 nitrogen and oxygen atoms in total. The third-order valence-corrected chi connectivity index (χ3v) is 4.91. The van der Waals surface area contributed by atoms with Crippen LogP contribution in [0.15, 0.2) is 48.5 Å². The van der Waals surface area contributed by atoms with E-state index in [2.05, 4.69) is 0 Å². The second kappa shape index (κ2) is 5.30. The number of rotatable bonds is 2. The average Bonchev–Trinajstić information content (AvgIpc) is 3.12. The SMILES string of the molecule is O=C1c2ccccc2C(=O)N1[C@@H]1CCC[C@@H]1c1cccc(F)c1. The summed E-state index contributed by atoms with van der Waals surface area (Å²) in [5.74, 6) is -0.721. The van der Waals surface area contributed by atoms with Gasteiger partial charge in [-0.15, -0.1) is 0 Å². The van der Waals surface area contributed by atoms with Crippen molar-refractivity contribution in [1.29, 1.82) is 0 Å². The molecular formula is C19H16FNO2. The summed E-state index contributed by atoms with van der Waals surface area (Å²) in [6.07, 6.45) is 2.56. The van der Waals surface area contributed by atoms with Crippen LogP contribution >= 0.6 is 0 Å². The molecule has 0 spiro atoms. The molecule has 2 aromatic rings. The van der Waals surface area contributed by atoms with Crippen LogP contribution in [0.25, 0.3) is 0 Å². The van der Waals surface area contributed by atoms with E-state index in [4.69, 9.17) is 0 Å². The van der Waals surface area contributed by atoms with E-state index in [1.807, 2.05) is 6.07 Å². The molecule has 116 valence electrons. The van der Waals surface area contributed by atoms with Crippen LogP contribution in [0.2, 0.25) is 0 Å². The van der Waals surface area contributed by atoms with Crippen molar-refractivity contribution in [2.75, 3.05) is 0 Å². The lowest BCUT2D eigenvalue weighted by Gasteiger charge is -2.28. The van der Waals surface area contributed by atoms with Crippen LogP contribution in [0, 0.1) is 5.82 Å². The Bertz CT molecular complexity index is 766. The van der Waals surface area contributed by atoms with Gasteiger partial charge in [0, 0.05) is 12.0 Å². The summed E-state index contributed by atoms with van der Waals surface area (Å²) in [4.78, 5) is 26.7. The fourth-order valence-electron chi connectivity index (χ4n) is 3.88. The average molecular weight is 309 g/mol. The summed E-state index contributed by atoms with van der Waals surface area (Å²) in [5, 5.41) is 0. The lowest BCUT2D eigenvalue weighted by molar-refractivity contribution is 0.0574. The molecule has 0 aromatic heterocycles. The van der Waals surface area contributed by atoms with Gasteiger partial charge in [0.25, 0.3) is 11.8 Å². The second-order valence-corrected chi connectivity index (χ2v) is 6.19. The van der Waals surface area contributed by atoms with Crippen LogP contribution in [0.5, 0.6) is 0 Å². The number of halogens is 1. The topological polar surface area (TPSA) is 37.4 Å². The van der Waals surface area contributed by atoms with Gasteiger partial charge in [-0.25, -0.2) is 4.39 Å². The van der Waals surface area contributed by atoms with Gasteiger partial charge < -0.3 is 0 Å². The highest BCUT2D eigenvalue weighted by molar-refractivity contribution is 6.21. The molecule has 1 heterocycles. The Kier molecular flexibility index (Phi) is 3.26. The maximum Gasteiger partial charge on any atom is 0.261 e. The summed E-state index contributed by atoms with van der Waals surface area (Å²) in [6, 6.07) is 13.2. The molecule has 0 N–H and O–H groups in total. The Morgan fingerprint density at radius 1 is 0.913 bits per heavy atom. The highest BCUT2D eigenvalue weighted by atomic mass is 19.1. The molecule has 2 atom stereocenters. The highest BCUT2D eigenvalue weighted by Crippen LogP contribution is 2.41. The van der Waals surface area contributed by atoms with Gasteiger partial charge in [0.2, 0.25) is 0 Å². The Morgan fingerprint density at radius 2 is 1.61 bits per heavy atom. The Morgan fingerprint density at radius 3 is 2.26 bits per heavy atom. The largest absolute Gasteiger partial charge is 0.271 e. The number of carbonyl (C=O) groups excluding carboxylic acids is 2. The zero-order valence-corrected chi connectivity index (χ0v) is 12.5. The number of hydrogen-bond donors (Lipinski definition) is 0. The fraction of sp³-hybridized carbons (Fsp3) is 0.263. The number of benzene rings is 2. The first kappa shape index (κ1) is 14.1. The molecule has 1 aliphatic heterocycles. The van der Waals surface area contributed by atoms with Gasteiger partial charge >= 0.3 is 0 Å². The Hall–Kier alpha value is -2.49. The third kappa shape index (κ3) is 2.17. The van der Waals surface area contributed by atoms with Crippen LogP contribution in [-0.2, 0) is 0 Å². The Labute approximate surface area is 133 Å². The standard InChI is InChI=1S/C19H16FNO2/c20-13-6-3-5-12(11-13)14-9-4-10-17(14)21-18(22)15-7-1-2-8-16(15)19(21)23/h1-3,5-8,11,14,17H,4,9-10H2/t14-,17-/m1/s1. The maximum absolute atomic E-state index is 13.5. The van der Waals surface area contributed by atoms with Crippen molar-refractivity contribution in [3.05, 3.63) is 71.0 Å². The van der Waals surface area contributed by atoms with Gasteiger partial charge in [-0.05, 0) is 42.7 Å². The molecule has 1 fully saturated rings. The number of fused-ring (bicyclic) bond motifs is 1. The van der Waals surface area contributed by atoms with Gasteiger partial charge in [0.05, 0.1) is 11.1 Å². The summed E-state index contributed by atoms with van der Waals surface area (Å²) < 4.78 is 13.5. The second-order valence-electron chi connectivity index (χ2n) is 6.19. The number of imide groups is 1. The number of carbonyl (C=O) groups is 2. The molecule has 0 radical (unpaired) electrons. The predicted octanol–water partition coefficient (Wildman–Crippen LogP) is 3.76. The van der Waals surface area contributed by atoms with Crippen LogP contribution in [0.3, 0.4) is 0 Å². The molecular weight excluding hydrogens is 293 g/mol. The van der Waals surface area contributed by atoms with Crippen molar-refractivity contribution in [3.63, 3.8) is 0 Å². The van der Waals surface area contributed by atoms with E-state index >= 15 is 0 Å². The van der Waals surface area contributed by atoms with Crippen molar-refractivity contribution in [2.24, 2.45) is 0 Å². The van der Waals surface area contributed by atoms with Gasteiger partial charge in [0.1, 0.15) is 5.82 Å². The maximum atomic E-state index is 13.5.